The summed E-state index contributed by atoms with van der Waals surface area (Å²) < 4.78 is 0. The van der Waals surface area contributed by atoms with Gasteiger partial charge in [-0.25, -0.2) is 0 Å². The number of nitrogens with zero attached hydrogens (tertiary/aromatic N) is 1. The maximum absolute atomic E-state index is 4.82. The second-order valence-electron chi connectivity index (χ2n) is 8.60. The number of pyridine rings is 1. The van der Waals surface area contributed by atoms with Crippen LogP contribution < -0.4 is 0 Å². The fraction of sp³-hybridized carbons (Fsp3) is 0.476. The topological polar surface area (TPSA) is 12.9 Å². The van der Waals surface area contributed by atoms with Crippen LogP contribution in [0.4, 0.5) is 0 Å². The van der Waals surface area contributed by atoms with E-state index in [4.69, 9.17) is 4.98 Å². The second kappa shape index (κ2) is 4.94. The van der Waals surface area contributed by atoms with Gasteiger partial charge in [0.2, 0.25) is 0 Å². The quantitative estimate of drug-likeness (QED) is 0.630. The highest BCUT2D eigenvalue weighted by Gasteiger charge is 2.23. The average molecular weight is 293 g/mol. The second-order valence-corrected chi connectivity index (χ2v) is 8.60. The van der Waals surface area contributed by atoms with Crippen molar-refractivity contribution in [3.8, 4) is 11.3 Å². The van der Waals surface area contributed by atoms with Gasteiger partial charge in [-0.05, 0) is 45.9 Å². The lowest BCUT2D eigenvalue weighted by molar-refractivity contribution is 0.585. The summed E-state index contributed by atoms with van der Waals surface area (Å²) in [4.78, 5) is 4.82. The standard InChI is InChI=1S/C21H27N/c1-20(2,3)16-9-10-18-14(11-16)7-8-15-12-17(21(4,5)6)13-22-19(15)18/h9-13H,7-8H2,1-6H3. The summed E-state index contributed by atoms with van der Waals surface area (Å²) in [6, 6.07) is 9.30. The van der Waals surface area contributed by atoms with Crippen molar-refractivity contribution in [2.75, 3.05) is 0 Å². The average Bonchev–Trinajstić information content (AvgIpc) is 2.44. The molecule has 1 heteroatoms. The minimum Gasteiger partial charge on any atom is -0.256 e. The van der Waals surface area contributed by atoms with E-state index in [0.29, 0.717) is 0 Å². The molecule has 0 bridgehead atoms. The Balaban J connectivity index is 2.08. The molecule has 0 spiro atoms. The van der Waals surface area contributed by atoms with E-state index in [9.17, 15) is 0 Å². The zero-order valence-corrected chi connectivity index (χ0v) is 14.7. The summed E-state index contributed by atoms with van der Waals surface area (Å²) in [6.45, 7) is 13.6. The largest absolute Gasteiger partial charge is 0.256 e. The van der Waals surface area contributed by atoms with E-state index in [-0.39, 0.29) is 10.8 Å². The molecule has 1 aromatic heterocycles. The van der Waals surface area contributed by atoms with Crippen molar-refractivity contribution in [3.63, 3.8) is 0 Å². The van der Waals surface area contributed by atoms with E-state index in [1.807, 2.05) is 0 Å². The number of aryl methyl sites for hydroxylation is 2. The Morgan fingerprint density at radius 3 is 2.00 bits per heavy atom. The van der Waals surface area contributed by atoms with Gasteiger partial charge in [0.25, 0.3) is 0 Å². The van der Waals surface area contributed by atoms with Crippen LogP contribution in [0.15, 0.2) is 30.5 Å². The fourth-order valence-electron chi connectivity index (χ4n) is 3.12. The molecule has 3 rings (SSSR count). The van der Waals surface area contributed by atoms with Crippen molar-refractivity contribution in [2.24, 2.45) is 0 Å². The van der Waals surface area contributed by atoms with Crippen LogP contribution in [0, 0.1) is 0 Å². The van der Waals surface area contributed by atoms with Crippen LogP contribution in [0.1, 0.15) is 63.8 Å². The first-order chi connectivity index (χ1) is 10.2. The molecule has 1 heterocycles. The van der Waals surface area contributed by atoms with Gasteiger partial charge in [-0.3, -0.25) is 4.98 Å². The van der Waals surface area contributed by atoms with E-state index in [1.54, 1.807) is 0 Å². The Labute approximate surface area is 134 Å². The molecule has 116 valence electrons. The molecule has 1 aliphatic rings. The Morgan fingerprint density at radius 2 is 1.36 bits per heavy atom. The van der Waals surface area contributed by atoms with Crippen LogP contribution in [-0.4, -0.2) is 4.98 Å². The monoisotopic (exact) mass is 293 g/mol. The molecular weight excluding hydrogens is 266 g/mol. The fourth-order valence-corrected chi connectivity index (χ4v) is 3.12. The lowest BCUT2D eigenvalue weighted by Crippen LogP contribution is -2.16. The molecule has 0 N–H and O–H groups in total. The molecular formula is C21H27N. The van der Waals surface area contributed by atoms with Crippen molar-refractivity contribution in [1.29, 1.82) is 0 Å². The number of aromatic nitrogens is 1. The predicted molar refractivity (Wildman–Crippen MR) is 94.5 cm³/mol. The molecule has 1 nitrogen and oxygen atoms in total. The predicted octanol–water partition coefficient (Wildman–Crippen LogP) is 5.44. The highest BCUT2D eigenvalue weighted by atomic mass is 14.7. The number of benzene rings is 1. The first kappa shape index (κ1) is 15.3. The molecule has 0 atom stereocenters. The van der Waals surface area contributed by atoms with E-state index >= 15 is 0 Å². The summed E-state index contributed by atoms with van der Waals surface area (Å²) in [5, 5.41) is 0. The van der Waals surface area contributed by atoms with Crippen molar-refractivity contribution >= 4 is 0 Å². The van der Waals surface area contributed by atoms with Gasteiger partial charge >= 0.3 is 0 Å². The van der Waals surface area contributed by atoms with Crippen LogP contribution in [0.2, 0.25) is 0 Å². The maximum atomic E-state index is 4.82. The van der Waals surface area contributed by atoms with Gasteiger partial charge in [-0.15, -0.1) is 0 Å². The van der Waals surface area contributed by atoms with E-state index in [1.165, 1.54) is 33.5 Å². The minimum atomic E-state index is 0.165. The third kappa shape index (κ3) is 2.69. The van der Waals surface area contributed by atoms with Crippen molar-refractivity contribution in [3.05, 3.63) is 52.7 Å². The summed E-state index contributed by atoms with van der Waals surface area (Å²) in [6.07, 6.45) is 4.29. The lowest BCUT2D eigenvalue weighted by atomic mass is 9.80. The first-order valence-corrected chi connectivity index (χ1v) is 8.29. The lowest BCUT2D eigenvalue weighted by Gasteiger charge is -2.26. The molecule has 0 fully saturated rings. The van der Waals surface area contributed by atoms with Crippen LogP contribution in [0.25, 0.3) is 11.3 Å². The summed E-state index contributed by atoms with van der Waals surface area (Å²) in [5.41, 5.74) is 8.50. The highest BCUT2D eigenvalue weighted by molar-refractivity contribution is 5.70. The van der Waals surface area contributed by atoms with Crippen molar-refractivity contribution < 1.29 is 0 Å². The zero-order chi connectivity index (χ0) is 16.1. The molecule has 22 heavy (non-hydrogen) atoms. The molecule has 0 saturated carbocycles. The SMILES string of the molecule is CC(C)(C)c1ccc2c(c1)CCc1cc(C(C)(C)C)cnc1-2. The van der Waals surface area contributed by atoms with Crippen LogP contribution in [0.5, 0.6) is 0 Å². The van der Waals surface area contributed by atoms with Gasteiger partial charge in [0.15, 0.2) is 0 Å². The third-order valence-corrected chi connectivity index (χ3v) is 4.72. The number of hydrogen-bond acceptors (Lipinski definition) is 1. The molecule has 0 unspecified atom stereocenters. The van der Waals surface area contributed by atoms with Gasteiger partial charge in [-0.1, -0.05) is 65.8 Å². The minimum absolute atomic E-state index is 0.165. The van der Waals surface area contributed by atoms with Gasteiger partial charge in [0, 0.05) is 11.8 Å². The van der Waals surface area contributed by atoms with Gasteiger partial charge < -0.3 is 0 Å². The maximum Gasteiger partial charge on any atom is 0.0737 e. The Kier molecular flexibility index (Phi) is 3.43. The first-order valence-electron chi connectivity index (χ1n) is 8.29. The normalized spacial score (nSPS) is 14.5. The van der Waals surface area contributed by atoms with Gasteiger partial charge in [0.05, 0.1) is 5.69 Å². The van der Waals surface area contributed by atoms with Crippen LogP contribution >= 0.6 is 0 Å². The third-order valence-electron chi connectivity index (χ3n) is 4.72. The molecule has 2 aromatic rings. The van der Waals surface area contributed by atoms with E-state index in [2.05, 4.69) is 72.0 Å². The molecule has 0 radical (unpaired) electrons. The van der Waals surface area contributed by atoms with Gasteiger partial charge in [-0.2, -0.15) is 0 Å². The summed E-state index contributed by atoms with van der Waals surface area (Å²) >= 11 is 0. The van der Waals surface area contributed by atoms with Crippen molar-refractivity contribution in [2.45, 2.75) is 65.2 Å². The van der Waals surface area contributed by atoms with E-state index in [0.717, 1.165) is 12.8 Å². The summed E-state index contributed by atoms with van der Waals surface area (Å²) in [7, 11) is 0. The Hall–Kier alpha value is -1.63. The Morgan fingerprint density at radius 1 is 0.773 bits per heavy atom. The highest BCUT2D eigenvalue weighted by Crippen LogP contribution is 2.36. The van der Waals surface area contributed by atoms with Crippen LogP contribution in [-0.2, 0) is 23.7 Å². The molecule has 1 aliphatic carbocycles. The zero-order valence-electron chi connectivity index (χ0n) is 14.7. The van der Waals surface area contributed by atoms with Crippen molar-refractivity contribution in [1.82, 2.24) is 4.98 Å². The smallest absolute Gasteiger partial charge is 0.0737 e. The van der Waals surface area contributed by atoms with Crippen LogP contribution in [0.3, 0.4) is 0 Å². The molecule has 0 aliphatic heterocycles. The van der Waals surface area contributed by atoms with Gasteiger partial charge in [0.1, 0.15) is 0 Å². The number of fused-ring (bicyclic) bond motifs is 3. The number of rotatable bonds is 0. The summed E-state index contributed by atoms with van der Waals surface area (Å²) in [5.74, 6) is 0. The molecule has 1 aromatic carbocycles. The van der Waals surface area contributed by atoms with E-state index < -0.39 is 0 Å². The Bertz CT molecular complexity index is 648. The molecule has 0 saturated heterocycles. The molecule has 0 amide bonds. The number of hydrogen-bond donors (Lipinski definition) is 0.